The van der Waals surface area contributed by atoms with Gasteiger partial charge in [0.25, 0.3) is 5.69 Å². The summed E-state index contributed by atoms with van der Waals surface area (Å²) < 4.78 is 38.7. The SMILES string of the molecule is CC1CN(c2cc(C(F)(F)F)ccc2[N+](=O)[O-])CC(C)N1C. The van der Waals surface area contributed by atoms with Gasteiger partial charge in [0, 0.05) is 31.2 Å². The quantitative estimate of drug-likeness (QED) is 0.621. The first kappa shape index (κ1) is 16.5. The number of halogens is 3. The molecule has 8 heteroatoms. The van der Waals surface area contributed by atoms with E-state index in [1.54, 1.807) is 4.90 Å². The molecule has 22 heavy (non-hydrogen) atoms. The average Bonchev–Trinajstić information content (AvgIpc) is 2.42. The lowest BCUT2D eigenvalue weighted by molar-refractivity contribution is -0.384. The van der Waals surface area contributed by atoms with E-state index in [-0.39, 0.29) is 23.5 Å². The third kappa shape index (κ3) is 3.16. The van der Waals surface area contributed by atoms with Crippen molar-refractivity contribution < 1.29 is 18.1 Å². The van der Waals surface area contributed by atoms with Crippen LogP contribution in [-0.4, -0.2) is 42.0 Å². The highest BCUT2D eigenvalue weighted by Gasteiger charge is 2.35. The maximum absolute atomic E-state index is 12.9. The first-order chi connectivity index (χ1) is 10.1. The van der Waals surface area contributed by atoms with E-state index in [2.05, 4.69) is 4.90 Å². The molecule has 1 aromatic rings. The number of anilines is 1. The van der Waals surface area contributed by atoms with Gasteiger partial charge in [-0.25, -0.2) is 0 Å². The summed E-state index contributed by atoms with van der Waals surface area (Å²) in [5.41, 5.74) is -1.13. The largest absolute Gasteiger partial charge is 0.416 e. The fourth-order valence-corrected chi connectivity index (χ4v) is 2.71. The van der Waals surface area contributed by atoms with Crippen molar-refractivity contribution in [3.05, 3.63) is 33.9 Å². The second-order valence-corrected chi connectivity index (χ2v) is 5.73. The molecule has 122 valence electrons. The topological polar surface area (TPSA) is 49.6 Å². The molecule has 1 aliphatic rings. The molecule has 2 unspecified atom stereocenters. The van der Waals surface area contributed by atoms with Crippen molar-refractivity contribution in [2.45, 2.75) is 32.1 Å². The summed E-state index contributed by atoms with van der Waals surface area (Å²) in [6.45, 7) is 4.79. The molecular formula is C14H18F3N3O2. The van der Waals surface area contributed by atoms with Crippen LogP contribution >= 0.6 is 0 Å². The van der Waals surface area contributed by atoms with Crippen LogP contribution in [0.15, 0.2) is 18.2 Å². The summed E-state index contributed by atoms with van der Waals surface area (Å²) in [6.07, 6.45) is -4.52. The Balaban J connectivity index is 2.45. The van der Waals surface area contributed by atoms with Crippen LogP contribution in [0.3, 0.4) is 0 Å². The number of hydrogen-bond acceptors (Lipinski definition) is 4. The van der Waals surface area contributed by atoms with Crippen LogP contribution in [0.4, 0.5) is 24.5 Å². The Morgan fingerprint density at radius 1 is 1.23 bits per heavy atom. The van der Waals surface area contributed by atoms with Gasteiger partial charge in [-0.05, 0) is 33.0 Å². The van der Waals surface area contributed by atoms with Gasteiger partial charge in [-0.15, -0.1) is 0 Å². The van der Waals surface area contributed by atoms with E-state index >= 15 is 0 Å². The van der Waals surface area contributed by atoms with Crippen molar-refractivity contribution in [1.82, 2.24) is 4.90 Å². The minimum absolute atomic E-state index is 0.0339. The van der Waals surface area contributed by atoms with E-state index < -0.39 is 16.7 Å². The lowest BCUT2D eigenvalue weighted by atomic mass is 10.1. The van der Waals surface area contributed by atoms with Crippen LogP contribution in [0.25, 0.3) is 0 Å². The van der Waals surface area contributed by atoms with Gasteiger partial charge in [0.1, 0.15) is 5.69 Å². The Hall–Kier alpha value is -1.83. The number of nitro benzene ring substituents is 1. The molecule has 0 aromatic heterocycles. The van der Waals surface area contributed by atoms with E-state index in [1.807, 2.05) is 20.9 Å². The number of benzene rings is 1. The molecule has 0 N–H and O–H groups in total. The summed E-state index contributed by atoms with van der Waals surface area (Å²) in [4.78, 5) is 14.3. The summed E-state index contributed by atoms with van der Waals surface area (Å²) >= 11 is 0. The minimum atomic E-state index is -4.52. The van der Waals surface area contributed by atoms with Gasteiger partial charge in [0.15, 0.2) is 0 Å². The Labute approximate surface area is 126 Å². The van der Waals surface area contributed by atoms with Crippen LogP contribution in [0, 0.1) is 10.1 Å². The lowest BCUT2D eigenvalue weighted by Gasteiger charge is -2.43. The number of alkyl halides is 3. The maximum Gasteiger partial charge on any atom is 0.416 e. The van der Waals surface area contributed by atoms with E-state index in [0.717, 1.165) is 18.2 Å². The van der Waals surface area contributed by atoms with Crippen LogP contribution in [-0.2, 0) is 6.18 Å². The standard InChI is InChI=1S/C14H18F3N3O2/c1-9-7-19(8-10(2)18(9)3)13-6-11(14(15,16)17)4-5-12(13)20(21)22/h4-6,9-10H,7-8H2,1-3H3. The normalized spacial score (nSPS) is 23.6. The first-order valence-electron chi connectivity index (χ1n) is 6.93. The monoisotopic (exact) mass is 317 g/mol. The third-order valence-corrected chi connectivity index (χ3v) is 4.20. The third-order valence-electron chi connectivity index (χ3n) is 4.20. The second-order valence-electron chi connectivity index (χ2n) is 5.73. The maximum atomic E-state index is 12.9. The molecule has 0 amide bonds. The number of likely N-dealkylation sites (N-methyl/N-ethyl adjacent to an activating group) is 1. The zero-order valence-corrected chi connectivity index (χ0v) is 12.6. The van der Waals surface area contributed by atoms with Crippen molar-refractivity contribution in [2.24, 2.45) is 0 Å². The number of hydrogen-bond donors (Lipinski definition) is 0. The fourth-order valence-electron chi connectivity index (χ4n) is 2.71. The van der Waals surface area contributed by atoms with Crippen LogP contribution < -0.4 is 4.90 Å². The van der Waals surface area contributed by atoms with Crippen molar-refractivity contribution in [3.63, 3.8) is 0 Å². The Morgan fingerprint density at radius 3 is 2.23 bits per heavy atom. The summed E-state index contributed by atoms with van der Waals surface area (Å²) in [6, 6.07) is 2.76. The molecule has 1 aromatic carbocycles. The van der Waals surface area contributed by atoms with E-state index in [4.69, 9.17) is 0 Å². The highest BCUT2D eigenvalue weighted by Crippen LogP contribution is 2.37. The van der Waals surface area contributed by atoms with E-state index in [1.165, 1.54) is 0 Å². The van der Waals surface area contributed by atoms with Crippen LogP contribution in [0.5, 0.6) is 0 Å². The molecule has 5 nitrogen and oxygen atoms in total. The number of rotatable bonds is 2. The average molecular weight is 317 g/mol. The molecular weight excluding hydrogens is 299 g/mol. The predicted octanol–water partition coefficient (Wildman–Crippen LogP) is 3.14. The summed E-state index contributed by atoms with van der Waals surface area (Å²) in [5.74, 6) is 0. The van der Waals surface area contributed by atoms with Gasteiger partial charge in [-0.2, -0.15) is 13.2 Å². The van der Waals surface area contributed by atoms with Gasteiger partial charge in [-0.1, -0.05) is 0 Å². The molecule has 1 aliphatic heterocycles. The van der Waals surface area contributed by atoms with E-state index in [9.17, 15) is 23.3 Å². The molecule has 0 radical (unpaired) electrons. The summed E-state index contributed by atoms with van der Waals surface area (Å²) in [7, 11) is 1.94. The number of nitro groups is 1. The van der Waals surface area contributed by atoms with Gasteiger partial charge >= 0.3 is 6.18 Å². The zero-order valence-electron chi connectivity index (χ0n) is 12.6. The molecule has 0 aliphatic carbocycles. The smallest absolute Gasteiger partial charge is 0.363 e. The molecule has 0 spiro atoms. The van der Waals surface area contributed by atoms with E-state index in [0.29, 0.717) is 13.1 Å². The molecule has 1 saturated heterocycles. The summed E-state index contributed by atoms with van der Waals surface area (Å²) in [5, 5.41) is 11.1. The molecule has 1 heterocycles. The van der Waals surface area contributed by atoms with Crippen LogP contribution in [0.1, 0.15) is 19.4 Å². The zero-order chi connectivity index (χ0) is 16.7. The Kier molecular flexibility index (Phi) is 4.32. The molecule has 0 bridgehead atoms. The number of piperazine rings is 1. The van der Waals surface area contributed by atoms with Crippen molar-refractivity contribution in [1.29, 1.82) is 0 Å². The van der Waals surface area contributed by atoms with Crippen molar-refractivity contribution >= 4 is 11.4 Å². The molecule has 1 fully saturated rings. The molecule has 2 atom stereocenters. The van der Waals surface area contributed by atoms with Gasteiger partial charge in [-0.3, -0.25) is 15.0 Å². The Morgan fingerprint density at radius 2 is 1.77 bits per heavy atom. The van der Waals surface area contributed by atoms with Crippen molar-refractivity contribution in [3.8, 4) is 0 Å². The predicted molar refractivity (Wildman–Crippen MR) is 77.0 cm³/mol. The Bertz CT molecular complexity index is 565. The highest BCUT2D eigenvalue weighted by atomic mass is 19.4. The second kappa shape index (κ2) is 5.75. The van der Waals surface area contributed by atoms with Gasteiger partial charge < -0.3 is 4.90 Å². The van der Waals surface area contributed by atoms with Gasteiger partial charge in [0.2, 0.25) is 0 Å². The lowest BCUT2D eigenvalue weighted by Crippen LogP contribution is -2.55. The van der Waals surface area contributed by atoms with Gasteiger partial charge in [0.05, 0.1) is 10.5 Å². The fraction of sp³-hybridized carbons (Fsp3) is 0.571. The first-order valence-corrected chi connectivity index (χ1v) is 6.93. The molecule has 2 rings (SSSR count). The molecule has 0 saturated carbocycles. The van der Waals surface area contributed by atoms with Crippen molar-refractivity contribution in [2.75, 3.05) is 25.0 Å². The number of nitrogens with zero attached hydrogens (tertiary/aromatic N) is 3. The highest BCUT2D eigenvalue weighted by molar-refractivity contribution is 5.65. The van der Waals surface area contributed by atoms with Crippen LogP contribution in [0.2, 0.25) is 0 Å². The minimum Gasteiger partial charge on any atom is -0.363 e.